The number of hydrogen-bond donors (Lipinski definition) is 3. The zero-order chi connectivity index (χ0) is 29.0. The number of aromatic nitrogens is 2. The van der Waals surface area contributed by atoms with Gasteiger partial charge in [0.2, 0.25) is 5.95 Å². The third-order valence-corrected chi connectivity index (χ3v) is 9.60. The van der Waals surface area contributed by atoms with Crippen molar-refractivity contribution >= 4 is 23.4 Å². The second kappa shape index (κ2) is 15.9. The maximum absolute atomic E-state index is 9.71. The Morgan fingerprint density at radius 1 is 1.00 bits per heavy atom. The fourth-order valence-corrected chi connectivity index (χ4v) is 6.88. The van der Waals surface area contributed by atoms with Crippen molar-refractivity contribution in [2.45, 2.75) is 90.6 Å². The molecular weight excluding hydrogens is 530 g/mol. The SMILES string of the molecule is CCCCC1C[C@@H](CNc2nc(NCc3ccccc3Cl)ncc2C#N)C[C@H]([C@H](C)NCC2CCC(C#N)CC2)C1. The fraction of sp³-hybridized carbons (Fsp3) is 0.636. The molecule has 2 fully saturated rings. The summed E-state index contributed by atoms with van der Waals surface area (Å²) >= 11 is 6.30. The van der Waals surface area contributed by atoms with E-state index in [0.717, 1.165) is 37.4 Å². The average Bonchev–Trinajstić information content (AvgIpc) is 3.01. The zero-order valence-electron chi connectivity index (χ0n) is 24.7. The quantitative estimate of drug-likeness (QED) is 0.226. The Bertz CT molecular complexity index is 1180. The maximum Gasteiger partial charge on any atom is 0.224 e. The van der Waals surface area contributed by atoms with Crippen molar-refractivity contribution in [2.75, 3.05) is 23.7 Å². The molecule has 0 bridgehead atoms. The number of halogens is 1. The van der Waals surface area contributed by atoms with E-state index in [1.807, 2.05) is 24.3 Å². The van der Waals surface area contributed by atoms with Gasteiger partial charge in [-0.2, -0.15) is 15.5 Å². The van der Waals surface area contributed by atoms with Gasteiger partial charge in [-0.3, -0.25) is 0 Å². The van der Waals surface area contributed by atoms with Gasteiger partial charge in [-0.15, -0.1) is 0 Å². The highest BCUT2D eigenvalue weighted by Gasteiger charge is 2.32. The molecule has 8 heteroatoms. The molecule has 1 aromatic carbocycles. The van der Waals surface area contributed by atoms with E-state index in [9.17, 15) is 10.5 Å². The first-order valence-electron chi connectivity index (χ1n) is 15.6. The van der Waals surface area contributed by atoms with Gasteiger partial charge in [0.25, 0.3) is 0 Å². The smallest absolute Gasteiger partial charge is 0.224 e. The van der Waals surface area contributed by atoms with Gasteiger partial charge in [0.1, 0.15) is 17.5 Å². The van der Waals surface area contributed by atoms with Gasteiger partial charge in [-0.25, -0.2) is 4.98 Å². The molecule has 0 saturated heterocycles. The van der Waals surface area contributed by atoms with Gasteiger partial charge >= 0.3 is 0 Å². The molecule has 1 unspecified atom stereocenters. The molecule has 4 rings (SSSR count). The third kappa shape index (κ3) is 9.32. The van der Waals surface area contributed by atoms with Crippen LogP contribution in [0.15, 0.2) is 30.5 Å². The van der Waals surface area contributed by atoms with E-state index in [1.54, 1.807) is 6.20 Å². The van der Waals surface area contributed by atoms with Crippen LogP contribution in [0, 0.1) is 52.3 Å². The summed E-state index contributed by atoms with van der Waals surface area (Å²) in [7, 11) is 0. The first-order chi connectivity index (χ1) is 20.0. The van der Waals surface area contributed by atoms with Crippen molar-refractivity contribution in [1.29, 1.82) is 10.5 Å². The molecule has 2 saturated carbocycles. The highest BCUT2D eigenvalue weighted by atomic mass is 35.5. The van der Waals surface area contributed by atoms with Crippen LogP contribution in [0.5, 0.6) is 0 Å². The van der Waals surface area contributed by atoms with Gasteiger partial charge in [-0.1, -0.05) is 56.0 Å². The monoisotopic (exact) mass is 575 g/mol. The molecule has 0 radical (unpaired) electrons. The summed E-state index contributed by atoms with van der Waals surface area (Å²) in [5.74, 6) is 3.95. The van der Waals surface area contributed by atoms with Crippen LogP contribution >= 0.6 is 11.6 Å². The summed E-state index contributed by atoms with van der Waals surface area (Å²) in [6, 6.07) is 12.9. The average molecular weight is 576 g/mol. The molecular formula is C33H46ClN7. The van der Waals surface area contributed by atoms with E-state index in [0.29, 0.717) is 52.7 Å². The molecule has 0 spiro atoms. The number of nitriles is 2. The number of benzene rings is 1. The third-order valence-electron chi connectivity index (χ3n) is 9.23. The van der Waals surface area contributed by atoms with Gasteiger partial charge in [0.05, 0.1) is 12.3 Å². The topological polar surface area (TPSA) is 109 Å². The van der Waals surface area contributed by atoms with E-state index < -0.39 is 0 Å². The van der Waals surface area contributed by atoms with E-state index in [2.05, 4.69) is 51.9 Å². The Balaban J connectivity index is 1.34. The highest BCUT2D eigenvalue weighted by Crippen LogP contribution is 2.38. The molecule has 1 aromatic heterocycles. The molecule has 0 amide bonds. The summed E-state index contributed by atoms with van der Waals surface area (Å²) in [6.07, 6.45) is 13.5. The van der Waals surface area contributed by atoms with E-state index in [-0.39, 0.29) is 5.92 Å². The molecule has 2 aliphatic rings. The Hall–Kier alpha value is -2.87. The zero-order valence-corrected chi connectivity index (χ0v) is 25.5. The maximum atomic E-state index is 9.71. The largest absolute Gasteiger partial charge is 0.369 e. The molecule has 4 atom stereocenters. The lowest BCUT2D eigenvalue weighted by Crippen LogP contribution is -2.41. The van der Waals surface area contributed by atoms with E-state index >= 15 is 0 Å². The first-order valence-corrected chi connectivity index (χ1v) is 16.0. The highest BCUT2D eigenvalue weighted by molar-refractivity contribution is 6.31. The Morgan fingerprint density at radius 3 is 2.51 bits per heavy atom. The Morgan fingerprint density at radius 2 is 1.78 bits per heavy atom. The minimum atomic E-state index is 0.264. The normalized spacial score (nSPS) is 25.0. The lowest BCUT2D eigenvalue weighted by atomic mass is 9.71. The predicted molar refractivity (Wildman–Crippen MR) is 166 cm³/mol. The second-order valence-corrected chi connectivity index (χ2v) is 12.7. The number of nitrogens with one attached hydrogen (secondary N) is 3. The molecule has 220 valence electrons. The lowest BCUT2D eigenvalue weighted by molar-refractivity contribution is 0.156. The molecule has 41 heavy (non-hydrogen) atoms. The van der Waals surface area contributed by atoms with Crippen LogP contribution in [0.25, 0.3) is 0 Å². The minimum absolute atomic E-state index is 0.264. The van der Waals surface area contributed by atoms with Crippen LogP contribution in [-0.2, 0) is 6.54 Å². The lowest BCUT2D eigenvalue weighted by Gasteiger charge is -2.39. The molecule has 3 N–H and O–H groups in total. The van der Waals surface area contributed by atoms with Crippen molar-refractivity contribution in [2.24, 2.45) is 29.6 Å². The van der Waals surface area contributed by atoms with Crippen molar-refractivity contribution in [3.05, 3.63) is 46.6 Å². The number of unbranched alkanes of at least 4 members (excludes halogenated alkanes) is 1. The minimum Gasteiger partial charge on any atom is -0.369 e. The second-order valence-electron chi connectivity index (χ2n) is 12.3. The van der Waals surface area contributed by atoms with Crippen molar-refractivity contribution in [1.82, 2.24) is 15.3 Å². The number of rotatable bonds is 13. The molecule has 1 heterocycles. The summed E-state index contributed by atoms with van der Waals surface area (Å²) in [5.41, 5.74) is 1.44. The van der Waals surface area contributed by atoms with Crippen molar-refractivity contribution in [3.8, 4) is 12.1 Å². The van der Waals surface area contributed by atoms with Crippen LogP contribution in [0.3, 0.4) is 0 Å². The summed E-state index contributed by atoms with van der Waals surface area (Å²) in [4.78, 5) is 9.00. The van der Waals surface area contributed by atoms with Crippen LogP contribution in [0.4, 0.5) is 11.8 Å². The Kier molecular flexibility index (Phi) is 12.1. The van der Waals surface area contributed by atoms with Crippen molar-refractivity contribution < 1.29 is 0 Å². The van der Waals surface area contributed by atoms with Gasteiger partial charge < -0.3 is 16.0 Å². The number of hydrogen-bond acceptors (Lipinski definition) is 7. The number of anilines is 2. The van der Waals surface area contributed by atoms with E-state index in [4.69, 9.17) is 11.6 Å². The Labute approximate surface area is 251 Å². The predicted octanol–water partition coefficient (Wildman–Crippen LogP) is 7.56. The van der Waals surface area contributed by atoms with Gasteiger partial charge in [-0.05, 0) is 93.7 Å². The van der Waals surface area contributed by atoms with Crippen LogP contribution < -0.4 is 16.0 Å². The van der Waals surface area contributed by atoms with Crippen molar-refractivity contribution in [3.63, 3.8) is 0 Å². The summed E-state index contributed by atoms with van der Waals surface area (Å²) in [6.45, 7) is 7.03. The molecule has 0 aliphatic heterocycles. The van der Waals surface area contributed by atoms with Crippen LogP contribution in [0.2, 0.25) is 5.02 Å². The standard InChI is InChI=1S/C33H46ClN7/c1-3-4-7-26-14-27(16-29(15-26)23(2)37-19-25-12-10-24(17-35)11-13-25)20-38-32-30(18-36)22-40-33(41-32)39-21-28-8-5-6-9-31(28)34/h5-6,8-9,22-27,29,37H,3-4,7,10-16,19-21H2,1-2H3,(H2,38,39,40,41)/t23-,24?,25?,26?,27+,29+/m0/s1. The summed E-state index contributed by atoms with van der Waals surface area (Å²) in [5, 5.41) is 30.3. The summed E-state index contributed by atoms with van der Waals surface area (Å²) < 4.78 is 0. The fourth-order valence-electron chi connectivity index (χ4n) is 6.68. The molecule has 2 aliphatic carbocycles. The van der Waals surface area contributed by atoms with Gasteiger partial charge in [0.15, 0.2) is 0 Å². The van der Waals surface area contributed by atoms with Crippen LogP contribution in [-0.4, -0.2) is 29.1 Å². The van der Waals surface area contributed by atoms with Crippen LogP contribution in [0.1, 0.15) is 89.2 Å². The molecule has 2 aromatic rings. The molecule has 7 nitrogen and oxygen atoms in total. The number of nitrogens with zero attached hydrogens (tertiary/aromatic N) is 4. The van der Waals surface area contributed by atoms with E-state index in [1.165, 1.54) is 51.4 Å². The van der Waals surface area contributed by atoms with Gasteiger partial charge in [0, 0.05) is 30.1 Å². The first kappa shape index (κ1) is 31.1.